The number of ether oxygens (including phenoxy) is 3. The Morgan fingerprint density at radius 1 is 1.00 bits per heavy atom. The molecule has 3 aromatic rings. The minimum absolute atomic E-state index is 0.213. The Labute approximate surface area is 212 Å². The monoisotopic (exact) mass is 505 g/mol. The Hall–Kier alpha value is -4.31. The first-order chi connectivity index (χ1) is 17.5. The average molecular weight is 506 g/mol. The number of pyridine rings is 1. The maximum atomic E-state index is 12.8. The number of thioether (sulfide) groups is 1. The largest absolute Gasteiger partial charge is 0.497 e. The van der Waals surface area contributed by atoms with Crippen LogP contribution in [-0.2, 0) is 16.2 Å². The molecule has 184 valence electrons. The van der Waals surface area contributed by atoms with E-state index in [1.807, 2.05) is 12.1 Å². The van der Waals surface area contributed by atoms with Gasteiger partial charge in [-0.25, -0.2) is 0 Å². The predicted molar refractivity (Wildman–Crippen MR) is 136 cm³/mol. The van der Waals surface area contributed by atoms with Crippen molar-refractivity contribution in [1.82, 2.24) is 9.88 Å². The summed E-state index contributed by atoms with van der Waals surface area (Å²) in [6.45, 7) is -0.0468. The third kappa shape index (κ3) is 6.02. The third-order valence-electron chi connectivity index (χ3n) is 5.18. The van der Waals surface area contributed by atoms with E-state index >= 15 is 0 Å². The van der Waals surface area contributed by atoms with Gasteiger partial charge in [-0.05, 0) is 77.5 Å². The Morgan fingerprint density at radius 2 is 1.75 bits per heavy atom. The fourth-order valence-corrected chi connectivity index (χ4v) is 4.18. The van der Waals surface area contributed by atoms with Gasteiger partial charge in [0.1, 0.15) is 18.9 Å². The second-order valence-electron chi connectivity index (χ2n) is 7.60. The van der Waals surface area contributed by atoms with E-state index < -0.39 is 17.1 Å². The molecule has 1 aliphatic rings. The molecule has 0 unspecified atom stereocenters. The van der Waals surface area contributed by atoms with Crippen molar-refractivity contribution in [3.8, 4) is 17.2 Å². The molecule has 3 amide bonds. The normalized spacial score (nSPS) is 14.2. The lowest BCUT2D eigenvalue weighted by Crippen LogP contribution is -2.36. The molecule has 0 atom stereocenters. The molecule has 1 fully saturated rings. The van der Waals surface area contributed by atoms with Crippen molar-refractivity contribution in [1.29, 1.82) is 0 Å². The fraction of sp³-hybridized carbons (Fsp3) is 0.154. The first kappa shape index (κ1) is 24.8. The summed E-state index contributed by atoms with van der Waals surface area (Å²) in [7, 11) is 3.07. The van der Waals surface area contributed by atoms with Gasteiger partial charge in [0.2, 0.25) is 5.91 Å². The third-order valence-corrected chi connectivity index (χ3v) is 6.09. The van der Waals surface area contributed by atoms with Gasteiger partial charge in [0.25, 0.3) is 11.1 Å². The van der Waals surface area contributed by atoms with Gasteiger partial charge < -0.3 is 19.5 Å². The van der Waals surface area contributed by atoms with Crippen LogP contribution in [0.3, 0.4) is 0 Å². The van der Waals surface area contributed by atoms with E-state index in [0.29, 0.717) is 35.1 Å². The molecule has 0 aliphatic carbocycles. The SMILES string of the molecule is COc1ccc(NC(=O)CN2C(=O)S/C(=C/c3ccc(OCc4ccncc4)c(OC)c3)C2=O)cc1. The van der Waals surface area contributed by atoms with Crippen LogP contribution >= 0.6 is 11.8 Å². The highest BCUT2D eigenvalue weighted by Crippen LogP contribution is 2.34. The number of imide groups is 1. The number of carbonyl (C=O) groups is 3. The Morgan fingerprint density at radius 3 is 2.44 bits per heavy atom. The molecular formula is C26H23N3O6S. The summed E-state index contributed by atoms with van der Waals surface area (Å²) in [6.07, 6.45) is 4.96. The van der Waals surface area contributed by atoms with Crippen LogP contribution in [0.15, 0.2) is 71.9 Å². The lowest BCUT2D eigenvalue weighted by atomic mass is 10.2. The number of hydrogen-bond donors (Lipinski definition) is 1. The zero-order valence-corrected chi connectivity index (χ0v) is 20.4. The number of amides is 3. The summed E-state index contributed by atoms with van der Waals surface area (Å²) in [5, 5.41) is 2.15. The average Bonchev–Trinajstić information content (AvgIpc) is 3.16. The zero-order chi connectivity index (χ0) is 25.5. The van der Waals surface area contributed by atoms with E-state index in [0.717, 1.165) is 22.2 Å². The topological polar surface area (TPSA) is 107 Å². The fourth-order valence-electron chi connectivity index (χ4n) is 3.34. The van der Waals surface area contributed by atoms with Crippen molar-refractivity contribution in [3.63, 3.8) is 0 Å². The Kier molecular flexibility index (Phi) is 7.86. The quantitative estimate of drug-likeness (QED) is 0.428. The van der Waals surface area contributed by atoms with Gasteiger partial charge >= 0.3 is 0 Å². The van der Waals surface area contributed by atoms with Crippen molar-refractivity contribution < 1.29 is 28.6 Å². The molecule has 0 spiro atoms. The number of aromatic nitrogens is 1. The van der Waals surface area contributed by atoms with E-state index in [2.05, 4.69) is 10.3 Å². The molecule has 1 aromatic heterocycles. The van der Waals surface area contributed by atoms with Crippen LogP contribution in [-0.4, -0.2) is 47.7 Å². The van der Waals surface area contributed by atoms with Gasteiger partial charge in [0.15, 0.2) is 11.5 Å². The molecular weight excluding hydrogens is 482 g/mol. The summed E-state index contributed by atoms with van der Waals surface area (Å²) in [5.74, 6) is 0.646. The molecule has 0 saturated carbocycles. The molecule has 36 heavy (non-hydrogen) atoms. The Bertz CT molecular complexity index is 1290. The molecule has 1 N–H and O–H groups in total. The standard InChI is InChI=1S/C26H23N3O6S/c1-33-20-6-4-19(5-7-20)28-24(30)15-29-25(31)23(36-26(29)32)14-18-3-8-21(22(13-18)34-2)35-16-17-9-11-27-12-10-17/h3-14H,15-16H2,1-2H3,(H,28,30)/b23-14+. The van der Waals surface area contributed by atoms with Gasteiger partial charge in [-0.2, -0.15) is 0 Å². The number of nitrogens with one attached hydrogen (secondary N) is 1. The summed E-state index contributed by atoms with van der Waals surface area (Å²) in [4.78, 5) is 42.8. The summed E-state index contributed by atoms with van der Waals surface area (Å²) in [5.41, 5.74) is 2.14. The van der Waals surface area contributed by atoms with Gasteiger partial charge in [0.05, 0.1) is 19.1 Å². The molecule has 2 aromatic carbocycles. The number of benzene rings is 2. The van der Waals surface area contributed by atoms with E-state index in [9.17, 15) is 14.4 Å². The molecule has 1 saturated heterocycles. The highest BCUT2D eigenvalue weighted by Gasteiger charge is 2.36. The van der Waals surface area contributed by atoms with Crippen molar-refractivity contribution in [2.75, 3.05) is 26.1 Å². The van der Waals surface area contributed by atoms with Crippen LogP contribution in [0.2, 0.25) is 0 Å². The predicted octanol–water partition coefficient (Wildman–Crippen LogP) is 4.35. The number of hydrogen-bond acceptors (Lipinski definition) is 8. The lowest BCUT2D eigenvalue weighted by Gasteiger charge is -2.13. The minimum Gasteiger partial charge on any atom is -0.497 e. The highest BCUT2D eigenvalue weighted by molar-refractivity contribution is 8.18. The van der Waals surface area contributed by atoms with Crippen molar-refractivity contribution >= 4 is 40.6 Å². The Balaban J connectivity index is 1.41. The molecule has 0 bridgehead atoms. The van der Waals surface area contributed by atoms with Crippen molar-refractivity contribution in [2.24, 2.45) is 0 Å². The van der Waals surface area contributed by atoms with E-state index in [1.165, 1.54) is 7.11 Å². The first-order valence-corrected chi connectivity index (χ1v) is 11.7. The number of anilines is 1. The molecule has 0 radical (unpaired) electrons. The van der Waals surface area contributed by atoms with Crippen LogP contribution in [0.4, 0.5) is 10.5 Å². The van der Waals surface area contributed by atoms with E-state index in [1.54, 1.807) is 68.0 Å². The van der Waals surface area contributed by atoms with E-state index in [-0.39, 0.29) is 11.4 Å². The zero-order valence-electron chi connectivity index (χ0n) is 19.6. The van der Waals surface area contributed by atoms with Gasteiger partial charge in [-0.3, -0.25) is 24.3 Å². The van der Waals surface area contributed by atoms with Crippen LogP contribution < -0.4 is 19.5 Å². The summed E-state index contributed by atoms with van der Waals surface area (Å²) in [6, 6.07) is 15.6. The number of carbonyl (C=O) groups excluding carboxylic acids is 3. The molecule has 1 aliphatic heterocycles. The van der Waals surface area contributed by atoms with Crippen LogP contribution in [0, 0.1) is 0 Å². The smallest absolute Gasteiger partial charge is 0.294 e. The van der Waals surface area contributed by atoms with Gasteiger partial charge in [0, 0.05) is 18.1 Å². The minimum atomic E-state index is -0.535. The summed E-state index contributed by atoms with van der Waals surface area (Å²) < 4.78 is 16.4. The molecule has 4 rings (SSSR count). The van der Waals surface area contributed by atoms with E-state index in [4.69, 9.17) is 14.2 Å². The van der Waals surface area contributed by atoms with Crippen molar-refractivity contribution in [2.45, 2.75) is 6.61 Å². The second kappa shape index (κ2) is 11.4. The summed E-state index contributed by atoms with van der Waals surface area (Å²) >= 11 is 0.779. The van der Waals surface area contributed by atoms with Crippen LogP contribution in [0.5, 0.6) is 17.2 Å². The van der Waals surface area contributed by atoms with Gasteiger partial charge in [-0.15, -0.1) is 0 Å². The molecule has 2 heterocycles. The number of nitrogens with zero attached hydrogens (tertiary/aromatic N) is 2. The first-order valence-electron chi connectivity index (χ1n) is 10.9. The van der Waals surface area contributed by atoms with Crippen LogP contribution in [0.1, 0.15) is 11.1 Å². The van der Waals surface area contributed by atoms with Crippen molar-refractivity contribution in [3.05, 3.63) is 83.0 Å². The maximum Gasteiger partial charge on any atom is 0.294 e. The van der Waals surface area contributed by atoms with Crippen LogP contribution in [0.25, 0.3) is 6.08 Å². The highest BCUT2D eigenvalue weighted by atomic mass is 32.2. The molecule has 9 nitrogen and oxygen atoms in total. The number of rotatable bonds is 9. The maximum absolute atomic E-state index is 12.8. The lowest BCUT2D eigenvalue weighted by molar-refractivity contribution is -0.127. The molecule has 10 heteroatoms. The van der Waals surface area contributed by atoms with Gasteiger partial charge in [-0.1, -0.05) is 6.07 Å². The second-order valence-corrected chi connectivity index (χ2v) is 8.59. The number of methoxy groups -OCH3 is 2.